The van der Waals surface area contributed by atoms with Crippen LogP contribution in [0, 0.1) is 51.2 Å². The Morgan fingerprint density at radius 3 is 1.74 bits per heavy atom. The van der Waals surface area contributed by atoms with Gasteiger partial charge < -0.3 is 9.80 Å². The summed E-state index contributed by atoms with van der Waals surface area (Å²) in [5, 5.41) is 37.5. The molecular weight excluding hydrogens is 845 g/mol. The molecule has 62 heavy (non-hydrogen) atoms. The molecule has 314 valence electrons. The van der Waals surface area contributed by atoms with Crippen molar-refractivity contribution in [1.29, 1.82) is 21.0 Å². The Morgan fingerprint density at radius 1 is 0.629 bits per heavy atom. The summed E-state index contributed by atoms with van der Waals surface area (Å²) in [6, 6.07) is 23.5. The molecule has 0 radical (unpaired) electrons. The monoisotopic (exact) mass is 892 g/mol. The maximum atomic E-state index is 14.8. The second kappa shape index (κ2) is 21.0. The number of allylic oxidation sites excluding steroid dienone is 2. The maximum Gasteiger partial charge on any atom is 0.260 e. The van der Waals surface area contributed by atoms with E-state index >= 15 is 0 Å². The first-order valence-corrected chi connectivity index (χ1v) is 24.8. The predicted molar refractivity (Wildman–Crippen MR) is 252 cm³/mol. The van der Waals surface area contributed by atoms with Crippen LogP contribution >= 0.6 is 45.3 Å². The third-order valence-electron chi connectivity index (χ3n) is 11.5. The third kappa shape index (κ3) is 9.71. The SMILES string of the molecule is CCCCCCCCN1C(=O)C(c2ccc(/C=c3\ccc(=C(C#N)C#N)s3)s2)=C2C=C3C(C=C21)C(c1ccc(/C=c2\ccc(=C(C#N)C#N)s2)s1)C(=O)N3CCCCCCCC. The van der Waals surface area contributed by atoms with Crippen LogP contribution in [0.1, 0.15) is 116 Å². The predicted octanol–water partition coefficient (Wildman–Crippen LogP) is 9.33. The number of thiophene rings is 4. The molecule has 2 amide bonds. The first-order valence-electron chi connectivity index (χ1n) is 21.6. The molecule has 0 spiro atoms. The van der Waals surface area contributed by atoms with Crippen molar-refractivity contribution in [2.24, 2.45) is 5.92 Å². The summed E-state index contributed by atoms with van der Waals surface area (Å²) in [6.45, 7) is 5.66. The van der Waals surface area contributed by atoms with Gasteiger partial charge in [-0.3, -0.25) is 9.59 Å². The Balaban J connectivity index is 1.27. The number of hydrogen-bond acceptors (Lipinski definition) is 10. The first kappa shape index (κ1) is 44.5. The number of unbranched alkanes of at least 4 members (excludes halogenated alkanes) is 10. The molecule has 0 saturated carbocycles. The van der Waals surface area contributed by atoms with Gasteiger partial charge in [-0.05, 0) is 85.7 Å². The van der Waals surface area contributed by atoms with Crippen molar-refractivity contribution in [2.45, 2.75) is 96.8 Å². The van der Waals surface area contributed by atoms with Crippen molar-refractivity contribution in [3.63, 3.8) is 0 Å². The van der Waals surface area contributed by atoms with Crippen molar-refractivity contribution in [1.82, 2.24) is 9.80 Å². The highest BCUT2D eigenvalue weighted by atomic mass is 32.1. The number of nitriles is 4. The van der Waals surface area contributed by atoms with Gasteiger partial charge in [-0.2, -0.15) is 21.0 Å². The zero-order chi connectivity index (χ0) is 43.6. The van der Waals surface area contributed by atoms with Crippen LogP contribution < -0.4 is 18.1 Å². The van der Waals surface area contributed by atoms with Crippen LogP contribution in [-0.2, 0) is 9.59 Å². The number of rotatable bonds is 18. The van der Waals surface area contributed by atoms with E-state index in [9.17, 15) is 30.6 Å². The maximum absolute atomic E-state index is 14.8. The summed E-state index contributed by atoms with van der Waals surface area (Å²) in [5.41, 5.74) is 3.57. The smallest absolute Gasteiger partial charge is 0.260 e. The van der Waals surface area contributed by atoms with Crippen LogP contribution in [0.2, 0.25) is 0 Å². The second-order valence-corrected chi connectivity index (χ2v) is 20.2. The Labute approximate surface area is 379 Å². The number of carbonyl (C=O) groups excluding carboxylic acids is 2. The molecule has 1 fully saturated rings. The molecule has 3 aliphatic rings. The number of carbonyl (C=O) groups is 2. The van der Waals surface area contributed by atoms with E-state index in [1.165, 1.54) is 61.2 Å². The summed E-state index contributed by atoms with van der Waals surface area (Å²) >= 11 is 5.93. The minimum atomic E-state index is -0.424. The van der Waals surface area contributed by atoms with Crippen molar-refractivity contribution in [3.05, 3.63) is 115 Å². The zero-order valence-electron chi connectivity index (χ0n) is 35.1. The lowest BCUT2D eigenvalue weighted by Gasteiger charge is -2.27. The normalized spacial score (nSPS) is 17.4. The van der Waals surface area contributed by atoms with Crippen molar-refractivity contribution >= 4 is 86.0 Å². The Kier molecular flexibility index (Phi) is 15.0. The average Bonchev–Trinajstić information content (AvgIpc) is 4.15. The molecule has 8 nitrogen and oxygen atoms in total. The third-order valence-corrected chi connectivity index (χ3v) is 15.8. The van der Waals surface area contributed by atoms with Crippen LogP contribution in [0.15, 0.2) is 77.7 Å². The second-order valence-electron chi connectivity index (χ2n) is 15.7. The number of amides is 2. The van der Waals surface area contributed by atoms with E-state index in [-0.39, 0.29) is 28.9 Å². The molecule has 12 heteroatoms. The van der Waals surface area contributed by atoms with Gasteiger partial charge >= 0.3 is 0 Å². The average molecular weight is 893 g/mol. The molecule has 1 saturated heterocycles. The quantitative estimate of drug-likeness (QED) is 0.0914. The van der Waals surface area contributed by atoms with E-state index in [1.54, 1.807) is 34.8 Å². The standard InChI is InChI=1S/C50H48N6O2S4/c1-3-5-7-9-11-13-23-55-41-27-40-42(28-39(41)47(49(55)57)45-21-17-37(61-45)25-35-15-19-43(59-35)33(29-51)30-52)56(24-14-12-10-8-6-4-2)50(58)48(40)46-22-18-38(62-46)26-36-16-20-44(60-36)34(31-53)32-54/h15-22,25-28,39,47H,3-14,23-24H2,1-2H3/b35-25+,36-26+. The molecule has 1 aliphatic carbocycles. The molecule has 0 N–H and O–H groups in total. The summed E-state index contributed by atoms with van der Waals surface area (Å²) in [6.07, 6.45) is 21.8. The summed E-state index contributed by atoms with van der Waals surface area (Å²) < 4.78 is 3.11. The van der Waals surface area contributed by atoms with E-state index in [0.717, 1.165) is 84.1 Å². The summed E-state index contributed by atoms with van der Waals surface area (Å²) in [5.74, 6) is -0.569. The van der Waals surface area contributed by atoms with E-state index in [1.807, 2.05) is 76.6 Å². The largest absolute Gasteiger partial charge is 0.315 e. The molecular formula is C50H48N6O2S4. The number of nitrogens with zero attached hydrogens (tertiary/aromatic N) is 6. The van der Waals surface area contributed by atoms with E-state index in [0.29, 0.717) is 27.7 Å². The molecule has 2 unspecified atom stereocenters. The van der Waals surface area contributed by atoms with Gasteiger partial charge in [-0.1, -0.05) is 78.1 Å². The molecule has 7 rings (SSSR count). The van der Waals surface area contributed by atoms with Crippen LogP contribution in [0.5, 0.6) is 0 Å². The van der Waals surface area contributed by atoms with E-state index in [4.69, 9.17) is 0 Å². The minimum absolute atomic E-state index is 0.00685. The lowest BCUT2D eigenvalue weighted by Crippen LogP contribution is -2.28. The molecule has 4 aromatic heterocycles. The molecule has 2 atom stereocenters. The van der Waals surface area contributed by atoms with Gasteiger partial charge in [-0.25, -0.2) is 0 Å². The van der Waals surface area contributed by atoms with Crippen LogP contribution in [0.4, 0.5) is 0 Å². The van der Waals surface area contributed by atoms with Gasteiger partial charge in [0.2, 0.25) is 5.91 Å². The Hall–Kier alpha value is -5.60. The van der Waals surface area contributed by atoms with Gasteiger partial charge in [0, 0.05) is 64.5 Å². The fourth-order valence-electron chi connectivity index (χ4n) is 8.39. The van der Waals surface area contributed by atoms with Crippen LogP contribution in [0.25, 0.3) is 28.9 Å². The molecule has 2 aliphatic heterocycles. The molecule has 0 aromatic carbocycles. The van der Waals surface area contributed by atoms with Gasteiger partial charge in [0.1, 0.15) is 35.4 Å². The fourth-order valence-corrected chi connectivity index (χ4v) is 12.5. The summed E-state index contributed by atoms with van der Waals surface area (Å²) in [4.78, 5) is 37.3. The molecule has 4 aromatic rings. The summed E-state index contributed by atoms with van der Waals surface area (Å²) in [7, 11) is 0. The Bertz CT molecular complexity index is 2840. The molecule has 6 heterocycles. The molecule has 0 bridgehead atoms. The minimum Gasteiger partial charge on any atom is -0.315 e. The van der Waals surface area contributed by atoms with Crippen molar-refractivity contribution < 1.29 is 9.59 Å². The van der Waals surface area contributed by atoms with Crippen molar-refractivity contribution in [3.8, 4) is 24.3 Å². The van der Waals surface area contributed by atoms with Crippen molar-refractivity contribution in [2.75, 3.05) is 13.1 Å². The number of hydrogen-bond donors (Lipinski definition) is 0. The lowest BCUT2D eigenvalue weighted by atomic mass is 9.85. The highest BCUT2D eigenvalue weighted by molar-refractivity contribution is 7.15. The van der Waals surface area contributed by atoms with E-state index < -0.39 is 5.92 Å². The van der Waals surface area contributed by atoms with Crippen LogP contribution in [-0.4, -0.2) is 34.7 Å². The topological polar surface area (TPSA) is 136 Å². The van der Waals surface area contributed by atoms with Gasteiger partial charge in [0.25, 0.3) is 5.91 Å². The number of fused-ring (bicyclic) bond motifs is 2. The first-order chi connectivity index (χ1) is 30.3. The fraction of sp³-hybridized carbons (Fsp3) is 0.360. The van der Waals surface area contributed by atoms with Gasteiger partial charge in [0.15, 0.2) is 0 Å². The van der Waals surface area contributed by atoms with Gasteiger partial charge in [-0.15, -0.1) is 45.3 Å². The highest BCUT2D eigenvalue weighted by Gasteiger charge is 2.49. The zero-order valence-corrected chi connectivity index (χ0v) is 38.4. The lowest BCUT2D eigenvalue weighted by molar-refractivity contribution is -0.128. The van der Waals surface area contributed by atoms with Gasteiger partial charge in [0.05, 0.1) is 20.6 Å². The Morgan fingerprint density at radius 2 is 1.16 bits per heavy atom. The number of likely N-dealkylation sites (tertiary alicyclic amines) is 1. The van der Waals surface area contributed by atoms with Crippen LogP contribution in [0.3, 0.4) is 0 Å². The highest BCUT2D eigenvalue weighted by Crippen LogP contribution is 2.51. The van der Waals surface area contributed by atoms with E-state index in [2.05, 4.69) is 32.1 Å².